The second kappa shape index (κ2) is 36.8. The Balaban J connectivity index is 3.96. The summed E-state index contributed by atoms with van der Waals surface area (Å²) in [5.41, 5.74) is 0. The van der Waals surface area contributed by atoms with E-state index in [1.807, 2.05) is 13.1 Å². The molecule has 1 unspecified atom stereocenters. The summed E-state index contributed by atoms with van der Waals surface area (Å²) >= 11 is 1.46. The van der Waals surface area contributed by atoms with Crippen molar-refractivity contribution in [2.45, 2.75) is 200 Å². The molecule has 1 N–H and O–H groups in total. The lowest BCUT2D eigenvalue weighted by molar-refractivity contribution is -0.142. The number of hydrogen-bond donors (Lipinski definition) is 1. The molecule has 0 saturated carbocycles. The van der Waals surface area contributed by atoms with E-state index in [1.165, 1.54) is 134 Å². The van der Waals surface area contributed by atoms with Crippen LogP contribution < -0.4 is 5.32 Å². The van der Waals surface area contributed by atoms with Crippen LogP contribution in [0.4, 0.5) is 4.79 Å². The number of nitrogens with one attached hydrogen (secondary N) is 1. The Morgan fingerprint density at radius 3 is 1.54 bits per heavy atom. The van der Waals surface area contributed by atoms with Crippen LogP contribution in [0.3, 0.4) is 0 Å². The highest BCUT2D eigenvalue weighted by Crippen LogP contribution is 2.17. The molecule has 272 valence electrons. The first-order valence-electron chi connectivity index (χ1n) is 19.9. The van der Waals surface area contributed by atoms with E-state index < -0.39 is 0 Å². The van der Waals surface area contributed by atoms with Crippen molar-refractivity contribution in [1.29, 1.82) is 0 Å². The summed E-state index contributed by atoms with van der Waals surface area (Å²) in [4.78, 5) is 27.1. The Morgan fingerprint density at radius 2 is 1.07 bits per heavy atom. The van der Waals surface area contributed by atoms with E-state index >= 15 is 0 Å². The molecule has 0 aromatic carbocycles. The van der Waals surface area contributed by atoms with E-state index in [2.05, 4.69) is 37.1 Å². The van der Waals surface area contributed by atoms with Gasteiger partial charge in [0.2, 0.25) is 0 Å². The van der Waals surface area contributed by atoms with E-state index in [0.29, 0.717) is 19.1 Å². The molecule has 0 aliphatic heterocycles. The molecule has 1 amide bonds. The molecule has 0 aliphatic carbocycles. The van der Waals surface area contributed by atoms with Gasteiger partial charge in [-0.15, -0.1) is 0 Å². The monoisotopic (exact) mass is 667 g/mol. The van der Waals surface area contributed by atoms with Gasteiger partial charge in [0.1, 0.15) is 6.61 Å². The fourth-order valence-electron chi connectivity index (χ4n) is 5.71. The van der Waals surface area contributed by atoms with E-state index in [0.717, 1.165) is 63.8 Å². The first-order valence-corrected chi connectivity index (χ1v) is 20.9. The summed E-state index contributed by atoms with van der Waals surface area (Å²) in [5, 5.41) is 3.47. The van der Waals surface area contributed by atoms with Gasteiger partial charge in [0.15, 0.2) is 0 Å². The number of hydrogen-bond acceptors (Lipinski definition) is 5. The average molecular weight is 667 g/mol. The Bertz CT molecular complexity index is 687. The SMILES string of the molecule is CCCCCC/C=C\COC(=O)CCCCCCCN(CCCCCCCCCCCCCCCCCC)C(=O)SCC(C)NC. The lowest BCUT2D eigenvalue weighted by atomic mass is 10.0. The van der Waals surface area contributed by atoms with Crippen LogP contribution in [-0.4, -0.2) is 54.6 Å². The van der Waals surface area contributed by atoms with Gasteiger partial charge in [-0.05, 0) is 46.1 Å². The number of ether oxygens (including phenoxy) is 1. The van der Waals surface area contributed by atoms with Crippen molar-refractivity contribution in [3.8, 4) is 0 Å². The largest absolute Gasteiger partial charge is 0.461 e. The number of carbonyl (C=O) groups excluding carboxylic acids is 2. The highest BCUT2D eigenvalue weighted by atomic mass is 32.2. The minimum Gasteiger partial charge on any atom is -0.461 e. The molecule has 1 atom stereocenters. The topological polar surface area (TPSA) is 58.6 Å². The number of nitrogens with zero attached hydrogens (tertiary/aromatic N) is 1. The normalized spacial score (nSPS) is 12.2. The van der Waals surface area contributed by atoms with E-state index in [-0.39, 0.29) is 11.2 Å². The number of allylic oxidation sites excluding steroid dienone is 1. The maximum absolute atomic E-state index is 13.0. The molecule has 0 spiro atoms. The van der Waals surface area contributed by atoms with Crippen LogP contribution in [0.1, 0.15) is 194 Å². The van der Waals surface area contributed by atoms with E-state index in [4.69, 9.17) is 4.74 Å². The second-order valence-corrected chi connectivity index (χ2v) is 14.5. The maximum atomic E-state index is 13.0. The fraction of sp³-hybridized carbons (Fsp3) is 0.900. The molecule has 0 saturated heterocycles. The lowest BCUT2D eigenvalue weighted by Gasteiger charge is -2.23. The molecule has 0 rings (SSSR count). The Hall–Kier alpha value is -1.01. The molecular weight excluding hydrogens is 589 g/mol. The van der Waals surface area contributed by atoms with Crippen molar-refractivity contribution in [3.05, 3.63) is 12.2 Å². The van der Waals surface area contributed by atoms with Gasteiger partial charge in [0.05, 0.1) is 0 Å². The highest BCUT2D eigenvalue weighted by molar-refractivity contribution is 8.13. The summed E-state index contributed by atoms with van der Waals surface area (Å²) in [6.07, 6.45) is 37.8. The number of rotatable bonds is 35. The van der Waals surface area contributed by atoms with Crippen LogP contribution in [0.15, 0.2) is 12.2 Å². The first-order chi connectivity index (χ1) is 22.5. The van der Waals surface area contributed by atoms with Crippen LogP contribution in [0, 0.1) is 0 Å². The third-order valence-electron chi connectivity index (χ3n) is 9.03. The number of unbranched alkanes of at least 4 members (excludes halogenated alkanes) is 23. The van der Waals surface area contributed by atoms with Gasteiger partial charge in [0, 0.05) is 31.3 Å². The molecule has 0 aromatic heterocycles. The molecule has 0 aliphatic rings. The predicted octanol–water partition coefficient (Wildman–Crippen LogP) is 12.4. The van der Waals surface area contributed by atoms with Crippen molar-refractivity contribution >= 4 is 23.0 Å². The summed E-state index contributed by atoms with van der Waals surface area (Å²) < 4.78 is 5.33. The van der Waals surface area contributed by atoms with Crippen molar-refractivity contribution in [2.24, 2.45) is 0 Å². The van der Waals surface area contributed by atoms with Gasteiger partial charge in [0.25, 0.3) is 5.24 Å². The standard InChI is InChI=1S/C40H78N2O3S/c1-5-7-9-11-13-14-15-16-17-18-19-20-21-22-26-30-34-42(40(44)46-37-38(3)41-4)35-31-27-24-25-29-33-39(43)45-36-32-28-23-12-10-8-6-2/h28,32,38,41H,5-27,29-31,33-37H2,1-4H3/b32-28-. The molecule has 0 heterocycles. The lowest BCUT2D eigenvalue weighted by Crippen LogP contribution is -2.32. The van der Waals surface area contributed by atoms with Crippen LogP contribution in [0.25, 0.3) is 0 Å². The van der Waals surface area contributed by atoms with Crippen LogP contribution >= 0.6 is 11.8 Å². The van der Waals surface area contributed by atoms with E-state index in [9.17, 15) is 9.59 Å². The first kappa shape index (κ1) is 45.0. The third kappa shape index (κ3) is 32.9. The molecule has 0 fully saturated rings. The summed E-state index contributed by atoms with van der Waals surface area (Å²) in [7, 11) is 1.96. The van der Waals surface area contributed by atoms with Crippen LogP contribution in [-0.2, 0) is 9.53 Å². The molecule has 5 nitrogen and oxygen atoms in total. The van der Waals surface area contributed by atoms with Crippen LogP contribution in [0.2, 0.25) is 0 Å². The van der Waals surface area contributed by atoms with Crippen molar-refractivity contribution in [2.75, 3.05) is 32.5 Å². The average Bonchev–Trinajstić information content (AvgIpc) is 3.06. The minimum absolute atomic E-state index is 0.0842. The molecule has 0 bridgehead atoms. The number of amides is 1. The molecule has 6 heteroatoms. The Morgan fingerprint density at radius 1 is 0.630 bits per heavy atom. The quantitative estimate of drug-likeness (QED) is 0.0414. The molecule has 0 radical (unpaired) electrons. The second-order valence-electron chi connectivity index (χ2n) is 13.6. The Labute approximate surface area is 291 Å². The number of esters is 1. The molecule has 0 aromatic rings. The van der Waals surface area contributed by atoms with Gasteiger partial charge in [-0.25, -0.2) is 0 Å². The van der Waals surface area contributed by atoms with Crippen molar-refractivity contribution in [3.63, 3.8) is 0 Å². The zero-order valence-electron chi connectivity index (χ0n) is 31.2. The number of carbonyl (C=O) groups is 2. The zero-order chi connectivity index (χ0) is 33.8. The van der Waals surface area contributed by atoms with Crippen molar-refractivity contribution in [1.82, 2.24) is 10.2 Å². The summed E-state index contributed by atoms with van der Waals surface area (Å²) in [6.45, 7) is 8.78. The third-order valence-corrected chi connectivity index (χ3v) is 10.2. The summed E-state index contributed by atoms with van der Waals surface area (Å²) in [6, 6.07) is 0.338. The molecule has 46 heavy (non-hydrogen) atoms. The summed E-state index contributed by atoms with van der Waals surface area (Å²) in [5.74, 6) is 0.731. The van der Waals surface area contributed by atoms with Gasteiger partial charge in [-0.3, -0.25) is 9.59 Å². The van der Waals surface area contributed by atoms with Gasteiger partial charge in [-0.1, -0.05) is 173 Å². The smallest absolute Gasteiger partial charge is 0.306 e. The van der Waals surface area contributed by atoms with Gasteiger partial charge in [-0.2, -0.15) is 0 Å². The van der Waals surface area contributed by atoms with E-state index in [1.54, 1.807) is 0 Å². The maximum Gasteiger partial charge on any atom is 0.306 e. The Kier molecular flexibility index (Phi) is 36.0. The predicted molar refractivity (Wildman–Crippen MR) is 204 cm³/mol. The molecular formula is C40H78N2O3S. The van der Waals surface area contributed by atoms with Crippen molar-refractivity contribution < 1.29 is 14.3 Å². The number of thioether (sulfide) groups is 1. The van der Waals surface area contributed by atoms with Gasteiger partial charge < -0.3 is 15.0 Å². The minimum atomic E-state index is -0.0842. The highest BCUT2D eigenvalue weighted by Gasteiger charge is 2.15. The fourth-order valence-corrected chi connectivity index (χ4v) is 6.63. The zero-order valence-corrected chi connectivity index (χ0v) is 32.0. The van der Waals surface area contributed by atoms with Crippen LogP contribution in [0.5, 0.6) is 0 Å². The van der Waals surface area contributed by atoms with Gasteiger partial charge >= 0.3 is 5.97 Å².